The topological polar surface area (TPSA) is 159 Å². The fourth-order valence-electron chi connectivity index (χ4n) is 9.02. The highest BCUT2D eigenvalue weighted by atomic mass is 16.2. The number of piperidine rings is 3. The van der Waals surface area contributed by atoms with E-state index < -0.39 is 5.54 Å². The molecule has 3 aliphatic heterocycles. The number of aryl methyl sites for hydroxylation is 2. The number of carbonyl (C=O) groups excluding carboxylic acids is 2. The van der Waals surface area contributed by atoms with Gasteiger partial charge in [-0.25, -0.2) is 9.78 Å². The molecule has 3 aromatic heterocycles. The number of H-pyrrole nitrogens is 3. The zero-order valence-corrected chi connectivity index (χ0v) is 31.0. The van der Waals surface area contributed by atoms with Gasteiger partial charge in [0.05, 0.1) is 11.7 Å². The van der Waals surface area contributed by atoms with Crippen LogP contribution in [0.1, 0.15) is 85.6 Å². The van der Waals surface area contributed by atoms with Crippen molar-refractivity contribution in [3.8, 4) is 0 Å². The first-order valence-electron chi connectivity index (χ1n) is 19.2. The maximum Gasteiger partial charge on any atom is 0.318 e. The Kier molecular flexibility index (Phi) is 9.52. The predicted octanol–water partition coefficient (Wildman–Crippen LogP) is 4.90. The van der Waals surface area contributed by atoms with Crippen LogP contribution in [0.4, 0.5) is 4.79 Å². The molecule has 0 radical (unpaired) electrons. The van der Waals surface area contributed by atoms with Crippen LogP contribution in [-0.2, 0) is 11.2 Å². The van der Waals surface area contributed by atoms with Gasteiger partial charge in [0, 0.05) is 61.0 Å². The van der Waals surface area contributed by atoms with E-state index in [0.717, 1.165) is 88.9 Å². The number of pyridine rings is 1. The molecule has 278 valence electrons. The van der Waals surface area contributed by atoms with Crippen LogP contribution in [0.5, 0.6) is 0 Å². The van der Waals surface area contributed by atoms with E-state index in [2.05, 4.69) is 52.7 Å². The van der Waals surface area contributed by atoms with Crippen molar-refractivity contribution in [3.63, 3.8) is 0 Å². The maximum absolute atomic E-state index is 14.6. The zero-order chi connectivity index (χ0) is 36.7. The number of aromatic nitrogens is 6. The molecular formula is C40H50N10O3. The Labute approximate surface area is 308 Å². The van der Waals surface area contributed by atoms with E-state index >= 15 is 0 Å². The van der Waals surface area contributed by atoms with Crippen LogP contribution in [0.2, 0.25) is 0 Å². The standard InChI is InChI=1S/C40H50N10O3/c1-25-20-27(21-31-24-41-46-35(25)31)23-40(3,38(52)49-18-12-32(13-19-49)48-14-10-29(11-15-48)36-42-26(2)45-47-36)44-39(53)50-16-8-28(9-17-50)33-22-30-6-4-5-7-34(30)43-37(33)51/h4-7,20-22,24,28-29,32H,8-19,23H2,1-3H3,(H,41,46)(H,43,51)(H,44,53)(H,42,45,47)/t40-/m1/s1. The van der Waals surface area contributed by atoms with Gasteiger partial charge in [0.1, 0.15) is 11.4 Å². The van der Waals surface area contributed by atoms with Gasteiger partial charge in [0.2, 0.25) is 5.91 Å². The first-order chi connectivity index (χ1) is 25.6. The minimum Gasteiger partial charge on any atom is -0.341 e. The maximum atomic E-state index is 14.6. The van der Waals surface area contributed by atoms with Crippen molar-refractivity contribution in [2.45, 2.75) is 89.1 Å². The van der Waals surface area contributed by atoms with E-state index in [9.17, 15) is 14.4 Å². The van der Waals surface area contributed by atoms with Crippen molar-refractivity contribution in [3.05, 3.63) is 87.4 Å². The average Bonchev–Trinajstić information content (AvgIpc) is 3.84. The van der Waals surface area contributed by atoms with Gasteiger partial charge in [-0.3, -0.25) is 19.8 Å². The number of fused-ring (bicyclic) bond motifs is 2. The van der Waals surface area contributed by atoms with Gasteiger partial charge in [0.15, 0.2) is 5.82 Å². The first kappa shape index (κ1) is 35.0. The van der Waals surface area contributed by atoms with Crippen LogP contribution >= 0.6 is 0 Å². The average molecular weight is 719 g/mol. The summed E-state index contributed by atoms with van der Waals surface area (Å²) in [6.07, 6.45) is 7.40. The van der Waals surface area contributed by atoms with E-state index in [1.807, 2.05) is 56.0 Å². The Bertz CT molecular complexity index is 2170. The van der Waals surface area contributed by atoms with Gasteiger partial charge in [-0.2, -0.15) is 10.2 Å². The van der Waals surface area contributed by atoms with Crippen molar-refractivity contribution in [1.82, 2.24) is 50.4 Å². The van der Waals surface area contributed by atoms with Crippen molar-refractivity contribution >= 4 is 33.7 Å². The molecular weight excluding hydrogens is 669 g/mol. The van der Waals surface area contributed by atoms with Gasteiger partial charge in [0.25, 0.3) is 5.56 Å². The van der Waals surface area contributed by atoms with Gasteiger partial charge < -0.3 is 25.0 Å². The molecule has 6 heterocycles. The number of aromatic amines is 3. The predicted molar refractivity (Wildman–Crippen MR) is 204 cm³/mol. The lowest BCUT2D eigenvalue weighted by molar-refractivity contribution is -0.139. The summed E-state index contributed by atoms with van der Waals surface area (Å²) in [7, 11) is 0. The van der Waals surface area contributed by atoms with Gasteiger partial charge in [-0.05, 0) is 113 Å². The highest BCUT2D eigenvalue weighted by Gasteiger charge is 2.42. The minimum atomic E-state index is -1.16. The second-order valence-electron chi connectivity index (χ2n) is 15.7. The second-order valence-corrected chi connectivity index (χ2v) is 15.7. The zero-order valence-electron chi connectivity index (χ0n) is 31.0. The quantitative estimate of drug-likeness (QED) is 0.186. The van der Waals surface area contributed by atoms with E-state index in [4.69, 9.17) is 0 Å². The molecule has 13 nitrogen and oxygen atoms in total. The van der Waals surface area contributed by atoms with Crippen molar-refractivity contribution in [2.75, 3.05) is 39.3 Å². The van der Waals surface area contributed by atoms with Crippen LogP contribution in [0.25, 0.3) is 21.8 Å². The highest BCUT2D eigenvalue weighted by molar-refractivity contribution is 5.91. The van der Waals surface area contributed by atoms with E-state index in [1.165, 1.54) is 0 Å². The van der Waals surface area contributed by atoms with Crippen LogP contribution in [0, 0.1) is 13.8 Å². The molecule has 1 atom stereocenters. The second kappa shape index (κ2) is 14.4. The smallest absolute Gasteiger partial charge is 0.318 e. The summed E-state index contributed by atoms with van der Waals surface area (Å²) >= 11 is 0. The van der Waals surface area contributed by atoms with E-state index in [1.54, 1.807) is 11.1 Å². The number of benzene rings is 2. The minimum absolute atomic E-state index is 0.0505. The summed E-state index contributed by atoms with van der Waals surface area (Å²) in [5, 5.41) is 19.9. The Hall–Kier alpha value is -5.04. The summed E-state index contributed by atoms with van der Waals surface area (Å²) in [5.74, 6) is 2.18. The largest absolute Gasteiger partial charge is 0.341 e. The number of carbonyl (C=O) groups is 2. The van der Waals surface area contributed by atoms with Crippen LogP contribution in [0.3, 0.4) is 0 Å². The van der Waals surface area contributed by atoms with Crippen molar-refractivity contribution in [1.29, 1.82) is 0 Å². The number of hydrogen-bond acceptors (Lipinski definition) is 7. The van der Waals surface area contributed by atoms with Gasteiger partial charge in [-0.15, -0.1) is 0 Å². The number of urea groups is 1. The number of rotatable bonds is 7. The molecule has 0 unspecified atom stereocenters. The van der Waals surface area contributed by atoms with Crippen LogP contribution < -0.4 is 10.9 Å². The molecule has 3 amide bonds. The fourth-order valence-corrected chi connectivity index (χ4v) is 9.02. The van der Waals surface area contributed by atoms with E-state index in [0.29, 0.717) is 57.4 Å². The first-order valence-corrected chi connectivity index (χ1v) is 19.2. The highest BCUT2D eigenvalue weighted by Crippen LogP contribution is 2.31. The molecule has 3 fully saturated rings. The molecule has 3 aliphatic rings. The van der Waals surface area contributed by atoms with E-state index in [-0.39, 0.29) is 23.4 Å². The van der Waals surface area contributed by atoms with Gasteiger partial charge in [-0.1, -0.05) is 24.3 Å². The molecule has 4 N–H and O–H groups in total. The van der Waals surface area contributed by atoms with Crippen LogP contribution in [0.15, 0.2) is 53.5 Å². The van der Waals surface area contributed by atoms with Gasteiger partial charge >= 0.3 is 6.03 Å². The fraction of sp³-hybridized carbons (Fsp3) is 0.500. The summed E-state index contributed by atoms with van der Waals surface area (Å²) in [6.45, 7) is 10.2. The molecule has 2 aromatic carbocycles. The lowest BCUT2D eigenvalue weighted by Gasteiger charge is -2.44. The third-order valence-corrected chi connectivity index (χ3v) is 12.0. The summed E-state index contributed by atoms with van der Waals surface area (Å²) < 4.78 is 0. The summed E-state index contributed by atoms with van der Waals surface area (Å²) in [4.78, 5) is 55.6. The molecule has 8 rings (SSSR count). The molecule has 0 bridgehead atoms. The molecule has 13 heteroatoms. The molecule has 0 spiro atoms. The lowest BCUT2D eigenvalue weighted by Crippen LogP contribution is -2.63. The molecule has 0 saturated carbocycles. The Morgan fingerprint density at radius 1 is 0.868 bits per heavy atom. The Morgan fingerprint density at radius 2 is 1.58 bits per heavy atom. The monoisotopic (exact) mass is 718 g/mol. The Balaban J connectivity index is 0.940. The number of para-hydroxylation sites is 1. The number of hydrogen-bond donors (Lipinski definition) is 4. The van der Waals surface area contributed by atoms with Crippen molar-refractivity contribution in [2.24, 2.45) is 0 Å². The lowest BCUT2D eigenvalue weighted by atomic mass is 9.88. The number of nitrogens with one attached hydrogen (secondary N) is 4. The Morgan fingerprint density at radius 3 is 2.32 bits per heavy atom. The third kappa shape index (κ3) is 7.18. The molecule has 53 heavy (non-hydrogen) atoms. The summed E-state index contributed by atoms with van der Waals surface area (Å²) in [6, 6.07) is 14.1. The van der Waals surface area contributed by atoms with Crippen LogP contribution in [-0.4, -0.2) is 108 Å². The SMILES string of the molecule is Cc1nc(C2CCN(C3CCN(C(=O)[C@@](C)(Cc4cc(C)c5[nH]ncc5c4)NC(=O)N4CCC(c5cc6ccccc6[nH]c5=O)CC4)CC3)CC2)n[nH]1. The molecule has 0 aliphatic carbocycles. The van der Waals surface area contributed by atoms with Crippen molar-refractivity contribution < 1.29 is 9.59 Å². The molecule has 5 aromatic rings. The normalized spacial score (nSPS) is 19.5. The number of likely N-dealkylation sites (tertiary alicyclic amines) is 3. The summed E-state index contributed by atoms with van der Waals surface area (Å²) in [5.41, 5.74) is 3.36. The molecule has 3 saturated heterocycles. The number of amides is 3. The third-order valence-electron chi connectivity index (χ3n) is 12.0. The number of nitrogens with zero attached hydrogens (tertiary/aromatic N) is 6.